The minimum Gasteiger partial charge on any atom is -0.497 e. The number of rotatable bonds is 4. The fraction of sp³-hybridized carbons (Fsp3) is 0.316. The number of carbonyl (C=O) groups is 1. The zero-order chi connectivity index (χ0) is 17.7. The average molecular weight is 378 g/mol. The summed E-state index contributed by atoms with van der Waals surface area (Å²) in [4.78, 5) is 13.5. The highest BCUT2D eigenvalue weighted by Gasteiger charge is 2.79. The van der Waals surface area contributed by atoms with Gasteiger partial charge in [-0.15, -0.1) is 23.2 Å². The van der Waals surface area contributed by atoms with Crippen LogP contribution in [0.25, 0.3) is 0 Å². The summed E-state index contributed by atoms with van der Waals surface area (Å²) in [6, 6.07) is 16.9. The number of nitrogens with zero attached hydrogens (tertiary/aromatic N) is 1. The first-order valence-electron chi connectivity index (χ1n) is 8.02. The van der Waals surface area contributed by atoms with Gasteiger partial charge in [-0.25, -0.2) is 0 Å². The van der Waals surface area contributed by atoms with Gasteiger partial charge in [0.25, 0.3) is 5.91 Å². The Balaban J connectivity index is 1.85. The Labute approximate surface area is 156 Å². The zero-order valence-corrected chi connectivity index (χ0v) is 15.1. The van der Waals surface area contributed by atoms with Gasteiger partial charge in [-0.3, -0.25) is 9.69 Å². The Morgan fingerprint density at radius 3 is 2.48 bits per heavy atom. The van der Waals surface area contributed by atoms with E-state index >= 15 is 0 Å². The van der Waals surface area contributed by atoms with Crippen molar-refractivity contribution in [1.82, 2.24) is 0 Å². The van der Waals surface area contributed by atoms with Gasteiger partial charge in [0.1, 0.15) is 5.75 Å². The molecule has 0 N–H and O–H groups in total. The Kier molecular flexibility index (Phi) is 3.95. The van der Waals surface area contributed by atoms with Crippen LogP contribution in [0.3, 0.4) is 0 Å². The third kappa shape index (κ3) is 2.02. The fourth-order valence-electron chi connectivity index (χ4n) is 3.79. The maximum absolute atomic E-state index is 13.1. The number of hydrogen-bond donors (Lipinski definition) is 0. The molecule has 2 aliphatic rings. The molecule has 130 valence electrons. The number of ether oxygens (including phenoxy) is 2. The molecular weight excluding hydrogens is 361 g/mol. The Hall–Kier alpha value is -1.75. The van der Waals surface area contributed by atoms with E-state index in [9.17, 15) is 4.79 Å². The molecule has 0 aromatic heterocycles. The summed E-state index contributed by atoms with van der Waals surface area (Å²) in [6.07, 6.45) is 0. The number of alkyl halides is 2. The molecular formula is C19H17Cl2NO3. The van der Waals surface area contributed by atoms with Crippen LogP contribution in [-0.4, -0.2) is 30.4 Å². The van der Waals surface area contributed by atoms with Crippen molar-refractivity contribution >= 4 is 34.8 Å². The van der Waals surface area contributed by atoms with E-state index < -0.39 is 10.6 Å². The van der Waals surface area contributed by atoms with Crippen LogP contribution in [0.4, 0.5) is 5.69 Å². The normalized spacial score (nSPS) is 30.8. The van der Waals surface area contributed by atoms with Crippen LogP contribution in [0.2, 0.25) is 0 Å². The van der Waals surface area contributed by atoms with E-state index in [0.29, 0.717) is 18.0 Å². The lowest BCUT2D eigenvalue weighted by molar-refractivity contribution is -0.148. The number of fused-ring (bicyclic) bond motifs is 1. The predicted molar refractivity (Wildman–Crippen MR) is 97.3 cm³/mol. The first-order valence-corrected chi connectivity index (χ1v) is 8.94. The molecule has 25 heavy (non-hydrogen) atoms. The first-order chi connectivity index (χ1) is 12.1. The van der Waals surface area contributed by atoms with Gasteiger partial charge in [0.2, 0.25) is 5.72 Å². The summed E-state index contributed by atoms with van der Waals surface area (Å²) in [5.74, 6) is 0.540. The largest absolute Gasteiger partial charge is 0.497 e. The summed E-state index contributed by atoms with van der Waals surface area (Å²) in [5, 5.41) is 0. The van der Waals surface area contributed by atoms with Crippen molar-refractivity contribution in [2.45, 2.75) is 10.6 Å². The Morgan fingerprint density at radius 2 is 1.88 bits per heavy atom. The molecule has 4 rings (SSSR count). The van der Waals surface area contributed by atoms with Crippen LogP contribution in [0.15, 0.2) is 54.6 Å². The van der Waals surface area contributed by atoms with E-state index in [2.05, 4.69) is 0 Å². The van der Waals surface area contributed by atoms with Crippen molar-refractivity contribution in [2.24, 2.45) is 5.92 Å². The Bertz CT molecular complexity index is 798. The maximum Gasteiger partial charge on any atom is 0.256 e. The molecule has 6 heteroatoms. The lowest BCUT2D eigenvalue weighted by Gasteiger charge is -2.58. The fourth-order valence-corrected chi connectivity index (χ4v) is 4.66. The molecule has 2 heterocycles. The number of β-lactam (4-membered cyclic amide) rings is 1. The predicted octanol–water partition coefficient (Wildman–Crippen LogP) is 3.76. The van der Waals surface area contributed by atoms with Gasteiger partial charge in [0, 0.05) is 23.0 Å². The third-order valence-electron chi connectivity index (χ3n) is 5.06. The number of halogens is 2. The van der Waals surface area contributed by atoms with E-state index in [4.69, 9.17) is 32.7 Å². The monoisotopic (exact) mass is 377 g/mol. The number of benzene rings is 2. The van der Waals surface area contributed by atoms with Crippen LogP contribution in [0, 0.1) is 5.92 Å². The smallest absolute Gasteiger partial charge is 0.256 e. The highest BCUT2D eigenvalue weighted by Crippen LogP contribution is 2.63. The van der Waals surface area contributed by atoms with Gasteiger partial charge >= 0.3 is 0 Å². The second-order valence-corrected chi connectivity index (χ2v) is 7.13. The van der Waals surface area contributed by atoms with Crippen LogP contribution in [0.5, 0.6) is 5.75 Å². The minimum absolute atomic E-state index is 0.189. The average Bonchev–Trinajstić information content (AvgIpc) is 2.93. The van der Waals surface area contributed by atoms with Crippen molar-refractivity contribution in [3.05, 3.63) is 60.2 Å². The number of carbonyl (C=O) groups excluding carboxylic acids is 1. The second-order valence-electron chi connectivity index (χ2n) is 6.22. The molecule has 0 radical (unpaired) electrons. The molecule has 4 nitrogen and oxygen atoms in total. The van der Waals surface area contributed by atoms with Gasteiger partial charge < -0.3 is 9.47 Å². The number of anilines is 1. The van der Waals surface area contributed by atoms with Crippen LogP contribution in [-0.2, 0) is 15.3 Å². The standard InChI is InChI=1S/C19H17Cl2NO3/c1-24-16-9-7-15(8-10-16)22-17(23)18(21)14(11-20)12-25-19(18,22)13-5-3-2-4-6-13/h2-10,14H,11-12H2,1H3/t14-,18-,19+/m0/s1. The SMILES string of the molecule is COc1ccc(N2C(=O)[C@@]3(Cl)[C@@H](CCl)CO[C@@]23c2ccccc2)cc1. The molecule has 3 atom stereocenters. The van der Waals surface area contributed by atoms with Crippen molar-refractivity contribution < 1.29 is 14.3 Å². The van der Waals surface area contributed by atoms with E-state index in [1.165, 1.54) is 0 Å². The van der Waals surface area contributed by atoms with Crippen LogP contribution in [0.1, 0.15) is 5.56 Å². The lowest BCUT2D eigenvalue weighted by atomic mass is 9.72. The molecule has 0 aliphatic carbocycles. The topological polar surface area (TPSA) is 38.8 Å². The summed E-state index contributed by atoms with van der Waals surface area (Å²) in [7, 11) is 1.60. The quantitative estimate of drug-likeness (QED) is 0.601. The summed E-state index contributed by atoms with van der Waals surface area (Å²) >= 11 is 13.0. The number of amides is 1. The van der Waals surface area contributed by atoms with E-state index in [0.717, 1.165) is 5.56 Å². The van der Waals surface area contributed by atoms with Gasteiger partial charge in [0.05, 0.1) is 13.7 Å². The van der Waals surface area contributed by atoms with Crippen molar-refractivity contribution in [3.8, 4) is 5.75 Å². The number of hydrogen-bond acceptors (Lipinski definition) is 3. The van der Waals surface area contributed by atoms with Crippen LogP contribution < -0.4 is 9.64 Å². The maximum atomic E-state index is 13.1. The summed E-state index contributed by atoms with van der Waals surface area (Å²) in [6.45, 7) is 0.334. The summed E-state index contributed by atoms with van der Waals surface area (Å²) in [5.41, 5.74) is 0.496. The minimum atomic E-state index is -1.20. The molecule has 2 aromatic carbocycles. The van der Waals surface area contributed by atoms with Crippen molar-refractivity contribution in [3.63, 3.8) is 0 Å². The summed E-state index contributed by atoms with van der Waals surface area (Å²) < 4.78 is 11.4. The molecule has 2 saturated heterocycles. The molecule has 0 spiro atoms. The van der Waals surface area contributed by atoms with Gasteiger partial charge in [-0.2, -0.15) is 0 Å². The molecule has 2 aliphatic heterocycles. The lowest BCUT2D eigenvalue weighted by Crippen LogP contribution is -2.78. The molecule has 0 saturated carbocycles. The molecule has 0 unspecified atom stereocenters. The Morgan fingerprint density at radius 1 is 1.20 bits per heavy atom. The third-order valence-corrected chi connectivity index (χ3v) is 6.16. The van der Waals surface area contributed by atoms with Crippen molar-refractivity contribution in [1.29, 1.82) is 0 Å². The van der Waals surface area contributed by atoms with Crippen molar-refractivity contribution in [2.75, 3.05) is 24.5 Å². The first kappa shape index (κ1) is 16.7. The molecule has 0 bridgehead atoms. The highest BCUT2D eigenvalue weighted by atomic mass is 35.5. The van der Waals surface area contributed by atoms with E-state index in [1.807, 2.05) is 54.6 Å². The van der Waals surface area contributed by atoms with Gasteiger partial charge in [-0.1, -0.05) is 30.3 Å². The van der Waals surface area contributed by atoms with Gasteiger partial charge in [0.15, 0.2) is 4.87 Å². The van der Waals surface area contributed by atoms with E-state index in [-0.39, 0.29) is 17.7 Å². The van der Waals surface area contributed by atoms with Crippen LogP contribution >= 0.6 is 23.2 Å². The molecule has 1 amide bonds. The van der Waals surface area contributed by atoms with E-state index in [1.54, 1.807) is 12.0 Å². The highest BCUT2D eigenvalue weighted by molar-refractivity contribution is 6.43. The molecule has 2 fully saturated rings. The molecule has 2 aromatic rings. The zero-order valence-electron chi connectivity index (χ0n) is 13.6. The second kappa shape index (κ2) is 5.90. The number of methoxy groups -OCH3 is 1. The van der Waals surface area contributed by atoms with Gasteiger partial charge in [-0.05, 0) is 24.3 Å².